The third kappa shape index (κ3) is 6.64. The fraction of sp³-hybridized carbons (Fsp3) is 0.529. The Hall–Kier alpha value is -2.25. The number of alkyl halides is 3. The summed E-state index contributed by atoms with van der Waals surface area (Å²) in [6, 6.07) is 5.01. The van der Waals surface area contributed by atoms with E-state index in [0.29, 0.717) is 19.0 Å². The molecular formula is C17H24F3N3O2. The van der Waals surface area contributed by atoms with Crippen molar-refractivity contribution in [3.05, 3.63) is 35.4 Å². The molecular weight excluding hydrogens is 335 g/mol. The van der Waals surface area contributed by atoms with Gasteiger partial charge in [-0.2, -0.15) is 13.2 Å². The molecule has 0 bridgehead atoms. The van der Waals surface area contributed by atoms with E-state index in [-0.39, 0.29) is 18.4 Å². The van der Waals surface area contributed by atoms with Crippen molar-refractivity contribution in [1.29, 1.82) is 0 Å². The fourth-order valence-electron chi connectivity index (χ4n) is 2.12. The minimum atomic E-state index is -4.34. The third-order valence-corrected chi connectivity index (χ3v) is 3.52. The lowest BCUT2D eigenvalue weighted by molar-refractivity contribution is -0.144. The number of rotatable bonds is 6. The van der Waals surface area contributed by atoms with Crippen LogP contribution < -0.4 is 5.32 Å². The van der Waals surface area contributed by atoms with Gasteiger partial charge in [-0.05, 0) is 24.6 Å². The average Bonchev–Trinajstić information content (AvgIpc) is 2.57. The lowest BCUT2D eigenvalue weighted by atomic mass is 10.1. The maximum Gasteiger partial charge on any atom is 0.416 e. The molecule has 1 rings (SSSR count). The molecule has 8 heteroatoms. The lowest BCUT2D eigenvalue weighted by Crippen LogP contribution is -2.39. The standard InChI is InChI=1S/C17H24F3N3O2/c1-5-21-16(22-10-12(2)15(24)25-4)23(3)11-13-6-8-14(9-7-13)17(18,19)20/h6-9,12H,5,10-11H2,1-4H3,(H,21,22). The quantitative estimate of drug-likeness (QED) is 0.482. The number of esters is 1. The van der Waals surface area contributed by atoms with Crippen LogP contribution in [0.2, 0.25) is 0 Å². The Morgan fingerprint density at radius 2 is 1.92 bits per heavy atom. The Kier molecular flexibility index (Phi) is 7.73. The normalized spacial score (nSPS) is 13.3. The Morgan fingerprint density at radius 3 is 2.40 bits per heavy atom. The van der Waals surface area contributed by atoms with Gasteiger partial charge in [-0.15, -0.1) is 0 Å². The van der Waals surface area contributed by atoms with Crippen LogP contribution in [0.15, 0.2) is 29.3 Å². The van der Waals surface area contributed by atoms with Gasteiger partial charge in [0.25, 0.3) is 0 Å². The van der Waals surface area contributed by atoms with Crippen LogP contribution in [0, 0.1) is 5.92 Å². The predicted octanol–water partition coefficient (Wildman–Crippen LogP) is 2.91. The number of ether oxygens (including phenoxy) is 1. The first-order valence-electron chi connectivity index (χ1n) is 7.92. The van der Waals surface area contributed by atoms with Gasteiger partial charge in [0.15, 0.2) is 5.96 Å². The average molecular weight is 359 g/mol. The smallest absolute Gasteiger partial charge is 0.416 e. The molecule has 0 aliphatic heterocycles. The number of guanidine groups is 1. The van der Waals surface area contributed by atoms with Crippen molar-refractivity contribution in [2.24, 2.45) is 10.9 Å². The molecule has 0 saturated carbocycles. The molecule has 0 spiro atoms. The van der Waals surface area contributed by atoms with Gasteiger partial charge in [-0.25, -0.2) is 0 Å². The van der Waals surface area contributed by atoms with E-state index >= 15 is 0 Å². The molecule has 1 N–H and O–H groups in total. The molecule has 0 heterocycles. The zero-order chi connectivity index (χ0) is 19.0. The van der Waals surface area contributed by atoms with E-state index in [4.69, 9.17) is 0 Å². The van der Waals surface area contributed by atoms with E-state index in [2.05, 4.69) is 15.0 Å². The van der Waals surface area contributed by atoms with Gasteiger partial charge in [0, 0.05) is 20.1 Å². The Labute approximate surface area is 145 Å². The summed E-state index contributed by atoms with van der Waals surface area (Å²) in [5.41, 5.74) is 0.0495. The number of carbonyl (C=O) groups excluding carboxylic acids is 1. The van der Waals surface area contributed by atoms with Crippen molar-refractivity contribution >= 4 is 11.9 Å². The molecule has 0 fully saturated rings. The second kappa shape index (κ2) is 9.29. The number of hydrogen-bond donors (Lipinski definition) is 1. The summed E-state index contributed by atoms with van der Waals surface area (Å²) in [5, 5.41) is 3.09. The topological polar surface area (TPSA) is 53.9 Å². The van der Waals surface area contributed by atoms with E-state index < -0.39 is 11.7 Å². The van der Waals surface area contributed by atoms with E-state index in [1.165, 1.54) is 19.2 Å². The summed E-state index contributed by atoms with van der Waals surface area (Å²) in [7, 11) is 3.10. The molecule has 1 unspecified atom stereocenters. The van der Waals surface area contributed by atoms with Gasteiger partial charge in [-0.1, -0.05) is 19.1 Å². The van der Waals surface area contributed by atoms with Crippen molar-refractivity contribution < 1.29 is 22.7 Å². The van der Waals surface area contributed by atoms with Crippen molar-refractivity contribution in [2.45, 2.75) is 26.6 Å². The summed E-state index contributed by atoms with van der Waals surface area (Å²) in [6.45, 7) is 4.89. The van der Waals surface area contributed by atoms with Crippen molar-refractivity contribution in [3.8, 4) is 0 Å². The Morgan fingerprint density at radius 1 is 1.32 bits per heavy atom. The molecule has 0 aliphatic carbocycles. The summed E-state index contributed by atoms with van der Waals surface area (Å²) in [4.78, 5) is 17.6. The zero-order valence-corrected chi connectivity index (χ0v) is 14.9. The third-order valence-electron chi connectivity index (χ3n) is 3.52. The molecule has 0 aliphatic rings. The molecule has 140 valence electrons. The van der Waals surface area contributed by atoms with E-state index in [1.54, 1.807) is 18.9 Å². The summed E-state index contributed by atoms with van der Waals surface area (Å²) in [5.74, 6) is -0.152. The van der Waals surface area contributed by atoms with Gasteiger partial charge in [0.2, 0.25) is 0 Å². The Balaban J connectivity index is 2.78. The lowest BCUT2D eigenvalue weighted by Gasteiger charge is -2.22. The number of benzene rings is 1. The van der Waals surface area contributed by atoms with Gasteiger partial charge in [-0.3, -0.25) is 9.79 Å². The first-order valence-corrected chi connectivity index (χ1v) is 7.92. The number of hydrogen-bond acceptors (Lipinski definition) is 3. The number of nitrogens with zero attached hydrogens (tertiary/aromatic N) is 2. The molecule has 1 atom stereocenters. The predicted molar refractivity (Wildman–Crippen MR) is 90.1 cm³/mol. The van der Waals surface area contributed by atoms with Crippen LogP contribution in [0.5, 0.6) is 0 Å². The van der Waals surface area contributed by atoms with Gasteiger partial charge < -0.3 is 15.0 Å². The van der Waals surface area contributed by atoms with E-state index in [0.717, 1.165) is 17.7 Å². The summed E-state index contributed by atoms with van der Waals surface area (Å²) < 4.78 is 42.5. The number of nitrogens with one attached hydrogen (secondary N) is 1. The minimum Gasteiger partial charge on any atom is -0.469 e. The molecule has 0 saturated heterocycles. The van der Waals surface area contributed by atoms with Gasteiger partial charge >= 0.3 is 12.1 Å². The molecule has 0 amide bonds. The molecule has 0 aromatic heterocycles. The molecule has 0 radical (unpaired) electrons. The summed E-state index contributed by atoms with van der Waals surface area (Å²) >= 11 is 0. The monoisotopic (exact) mass is 359 g/mol. The van der Waals surface area contributed by atoms with Crippen LogP contribution in [0.1, 0.15) is 25.0 Å². The first kappa shape index (κ1) is 20.8. The second-order valence-corrected chi connectivity index (χ2v) is 5.67. The number of aliphatic imine (C=N–C) groups is 1. The highest BCUT2D eigenvalue weighted by molar-refractivity contribution is 5.80. The fourth-order valence-corrected chi connectivity index (χ4v) is 2.12. The summed E-state index contributed by atoms with van der Waals surface area (Å²) in [6.07, 6.45) is -4.34. The first-order chi connectivity index (χ1) is 11.7. The molecule has 1 aromatic carbocycles. The second-order valence-electron chi connectivity index (χ2n) is 5.67. The van der Waals surface area contributed by atoms with Crippen LogP contribution in [-0.2, 0) is 22.3 Å². The maximum atomic E-state index is 12.6. The highest BCUT2D eigenvalue weighted by Crippen LogP contribution is 2.29. The van der Waals surface area contributed by atoms with Crippen LogP contribution in [0.3, 0.4) is 0 Å². The number of halogens is 3. The van der Waals surface area contributed by atoms with Crippen molar-refractivity contribution in [3.63, 3.8) is 0 Å². The highest BCUT2D eigenvalue weighted by Gasteiger charge is 2.29. The highest BCUT2D eigenvalue weighted by atomic mass is 19.4. The van der Waals surface area contributed by atoms with Crippen LogP contribution in [0.25, 0.3) is 0 Å². The number of carbonyl (C=O) groups is 1. The molecule has 1 aromatic rings. The van der Waals surface area contributed by atoms with Crippen molar-refractivity contribution in [2.75, 3.05) is 27.2 Å². The van der Waals surface area contributed by atoms with Crippen LogP contribution in [0.4, 0.5) is 13.2 Å². The SMILES string of the molecule is CCNC(=NCC(C)C(=O)OC)N(C)Cc1ccc(C(F)(F)F)cc1. The zero-order valence-electron chi connectivity index (χ0n) is 14.9. The largest absolute Gasteiger partial charge is 0.469 e. The molecule has 25 heavy (non-hydrogen) atoms. The van der Waals surface area contributed by atoms with Crippen LogP contribution >= 0.6 is 0 Å². The van der Waals surface area contributed by atoms with Gasteiger partial charge in [0.1, 0.15) is 0 Å². The molecule has 5 nitrogen and oxygen atoms in total. The maximum absolute atomic E-state index is 12.6. The van der Waals surface area contributed by atoms with Crippen LogP contribution in [-0.4, -0.2) is 44.1 Å². The van der Waals surface area contributed by atoms with E-state index in [1.807, 2.05) is 6.92 Å². The van der Waals surface area contributed by atoms with E-state index in [9.17, 15) is 18.0 Å². The minimum absolute atomic E-state index is 0.256. The number of methoxy groups -OCH3 is 1. The Bertz CT molecular complexity index is 586. The van der Waals surface area contributed by atoms with Gasteiger partial charge in [0.05, 0.1) is 25.1 Å². The van der Waals surface area contributed by atoms with Crippen molar-refractivity contribution in [1.82, 2.24) is 10.2 Å².